The molecule has 0 saturated heterocycles. The van der Waals surface area contributed by atoms with Gasteiger partial charge in [-0.1, -0.05) is 24.3 Å². The van der Waals surface area contributed by atoms with E-state index in [1.54, 1.807) is 0 Å². The normalized spacial score (nSPS) is 13.9. The number of non-ortho nitro benzene ring substituents is 1. The number of aliphatic hydroxyl groups is 1. The third kappa shape index (κ3) is 7.24. The monoisotopic (exact) mass is 498 g/mol. The molecule has 0 bridgehead atoms. The van der Waals surface area contributed by atoms with Gasteiger partial charge in [-0.15, -0.1) is 0 Å². The van der Waals surface area contributed by atoms with Gasteiger partial charge in [0.25, 0.3) is 11.6 Å². The Labute approximate surface area is 196 Å². The molecule has 0 unspecified atom stereocenters. The number of carboxylic acids is 1. The zero-order valence-electron chi connectivity index (χ0n) is 18.2. The zero-order valence-corrected chi connectivity index (χ0v) is 18.2. The van der Waals surface area contributed by atoms with Crippen molar-refractivity contribution in [2.45, 2.75) is 37.6 Å². The molecule has 0 aliphatic carbocycles. The van der Waals surface area contributed by atoms with E-state index in [4.69, 9.17) is 4.74 Å². The number of carbonyl (C=O) groups is 3. The minimum absolute atomic E-state index is 0.0114. The molecule has 0 aromatic heterocycles. The number of halogens is 3. The van der Waals surface area contributed by atoms with Crippen molar-refractivity contribution < 1.29 is 47.4 Å². The molecule has 10 nitrogen and oxygen atoms in total. The van der Waals surface area contributed by atoms with E-state index in [-0.39, 0.29) is 23.4 Å². The number of nitrogens with one attached hydrogen (secondary N) is 1. The summed E-state index contributed by atoms with van der Waals surface area (Å²) in [7, 11) is 0. The molecular weight excluding hydrogens is 477 g/mol. The maximum atomic E-state index is 12.7. The lowest BCUT2D eigenvalue weighted by Crippen LogP contribution is -2.47. The van der Waals surface area contributed by atoms with Crippen LogP contribution in [0.3, 0.4) is 0 Å². The van der Waals surface area contributed by atoms with Gasteiger partial charge in [0.2, 0.25) is 0 Å². The molecule has 0 fully saturated rings. The van der Waals surface area contributed by atoms with E-state index in [2.05, 4.69) is 5.32 Å². The molecule has 0 spiro atoms. The number of amides is 1. The van der Waals surface area contributed by atoms with Crippen molar-refractivity contribution in [2.24, 2.45) is 0 Å². The van der Waals surface area contributed by atoms with Gasteiger partial charge in [-0.2, -0.15) is 13.2 Å². The number of nitro groups is 1. The summed E-state index contributed by atoms with van der Waals surface area (Å²) >= 11 is 0. The molecule has 13 heteroatoms. The summed E-state index contributed by atoms with van der Waals surface area (Å²) in [6.45, 7) is 1.51. The second-order valence-electron chi connectivity index (χ2n) is 7.31. The Morgan fingerprint density at radius 1 is 1.06 bits per heavy atom. The van der Waals surface area contributed by atoms with Gasteiger partial charge in [0.15, 0.2) is 6.10 Å². The molecule has 0 aliphatic rings. The Morgan fingerprint density at radius 3 is 2.06 bits per heavy atom. The fraction of sp³-hybridized carbons (Fsp3) is 0.318. The summed E-state index contributed by atoms with van der Waals surface area (Å²) in [5.74, 6) is -4.89. The van der Waals surface area contributed by atoms with Gasteiger partial charge in [-0.3, -0.25) is 19.7 Å². The minimum atomic E-state index is -4.63. The van der Waals surface area contributed by atoms with Crippen molar-refractivity contribution in [1.29, 1.82) is 0 Å². The van der Waals surface area contributed by atoms with Crippen LogP contribution in [-0.4, -0.2) is 45.6 Å². The van der Waals surface area contributed by atoms with Crippen LogP contribution in [-0.2, 0) is 25.3 Å². The van der Waals surface area contributed by atoms with Crippen LogP contribution in [0.5, 0.6) is 0 Å². The lowest BCUT2D eigenvalue weighted by Gasteiger charge is -2.26. The first kappa shape index (κ1) is 27.2. The zero-order chi connectivity index (χ0) is 26.3. The fourth-order valence-electron chi connectivity index (χ4n) is 3.24. The number of esters is 1. The smallest absolute Gasteiger partial charge is 0.416 e. The molecule has 0 saturated carbocycles. The number of aliphatic hydroxyl groups excluding tert-OH is 1. The van der Waals surface area contributed by atoms with Gasteiger partial charge in [0, 0.05) is 18.1 Å². The summed E-state index contributed by atoms with van der Waals surface area (Å²) in [6.07, 6.45) is -7.18. The summed E-state index contributed by atoms with van der Waals surface area (Å²) in [4.78, 5) is 46.9. The molecule has 3 atom stereocenters. The molecule has 2 rings (SSSR count). The Bertz CT molecular complexity index is 1070. The third-order valence-electron chi connectivity index (χ3n) is 4.99. The van der Waals surface area contributed by atoms with Crippen LogP contribution < -0.4 is 5.32 Å². The number of alkyl halides is 3. The average molecular weight is 498 g/mol. The number of nitrogens with zero attached hydrogens (tertiary/aromatic N) is 1. The largest absolute Gasteiger partial charge is 0.480 e. The highest BCUT2D eigenvalue weighted by atomic mass is 19.4. The summed E-state index contributed by atoms with van der Waals surface area (Å²) in [5, 5.41) is 33.0. The highest BCUT2D eigenvalue weighted by molar-refractivity contribution is 5.88. The predicted octanol–water partition coefficient (Wildman–Crippen LogP) is 2.95. The van der Waals surface area contributed by atoms with Crippen molar-refractivity contribution in [2.75, 3.05) is 6.61 Å². The molecule has 0 heterocycles. The van der Waals surface area contributed by atoms with Crippen LogP contribution in [0, 0.1) is 10.1 Å². The van der Waals surface area contributed by atoms with Gasteiger partial charge >= 0.3 is 18.1 Å². The highest BCUT2D eigenvalue weighted by Gasteiger charge is 2.35. The minimum Gasteiger partial charge on any atom is -0.480 e. The van der Waals surface area contributed by atoms with Crippen LogP contribution in [0.2, 0.25) is 0 Å². The molecule has 1 amide bonds. The van der Waals surface area contributed by atoms with Crippen molar-refractivity contribution in [1.82, 2.24) is 5.32 Å². The molecular formula is C22H21F3N2O8. The van der Waals surface area contributed by atoms with Crippen LogP contribution in [0.15, 0.2) is 48.5 Å². The van der Waals surface area contributed by atoms with Gasteiger partial charge in [-0.25, -0.2) is 4.79 Å². The van der Waals surface area contributed by atoms with Crippen LogP contribution in [0.25, 0.3) is 0 Å². The SMILES string of the molecule is CCOC(=O)C[C@@H](c1ccc([N+](=O)[O-])cc1)[C@@H](NC(=O)[C@@H](O)c1ccc(C(F)(F)F)cc1)C(=O)O. The number of hydrogen-bond donors (Lipinski definition) is 3. The first-order valence-corrected chi connectivity index (χ1v) is 10.1. The number of benzene rings is 2. The number of carboxylic acid groups (broad SMARTS) is 1. The summed E-state index contributed by atoms with van der Waals surface area (Å²) < 4.78 is 43.1. The lowest BCUT2D eigenvalue weighted by atomic mass is 9.88. The number of nitro benzene ring substituents is 1. The maximum absolute atomic E-state index is 12.7. The van der Waals surface area contributed by atoms with Crippen molar-refractivity contribution in [3.05, 3.63) is 75.3 Å². The fourth-order valence-corrected chi connectivity index (χ4v) is 3.24. The van der Waals surface area contributed by atoms with Crippen molar-refractivity contribution in [3.63, 3.8) is 0 Å². The number of ether oxygens (including phenoxy) is 1. The van der Waals surface area contributed by atoms with Gasteiger partial charge in [0.05, 0.1) is 23.5 Å². The summed E-state index contributed by atoms with van der Waals surface area (Å²) in [5.41, 5.74) is -1.38. The van der Waals surface area contributed by atoms with Crippen LogP contribution in [0.1, 0.15) is 42.1 Å². The van der Waals surface area contributed by atoms with E-state index in [0.29, 0.717) is 12.1 Å². The third-order valence-corrected chi connectivity index (χ3v) is 4.99. The van der Waals surface area contributed by atoms with E-state index >= 15 is 0 Å². The van der Waals surface area contributed by atoms with Crippen LogP contribution >= 0.6 is 0 Å². The topological polar surface area (TPSA) is 156 Å². The predicted molar refractivity (Wildman–Crippen MR) is 113 cm³/mol. The Hall–Kier alpha value is -4.00. The highest BCUT2D eigenvalue weighted by Crippen LogP contribution is 2.31. The van der Waals surface area contributed by atoms with E-state index in [0.717, 1.165) is 24.3 Å². The molecule has 3 N–H and O–H groups in total. The van der Waals surface area contributed by atoms with Gasteiger partial charge < -0.3 is 20.3 Å². The molecule has 2 aromatic carbocycles. The first-order valence-electron chi connectivity index (χ1n) is 10.1. The number of hydrogen-bond acceptors (Lipinski definition) is 7. The Balaban J connectivity index is 2.33. The van der Waals surface area contributed by atoms with E-state index in [1.165, 1.54) is 19.1 Å². The number of rotatable bonds is 10. The second kappa shape index (κ2) is 11.4. The van der Waals surface area contributed by atoms with Crippen molar-refractivity contribution >= 4 is 23.5 Å². The molecule has 0 radical (unpaired) electrons. The first-order chi connectivity index (χ1) is 16.3. The van der Waals surface area contributed by atoms with Crippen molar-refractivity contribution in [3.8, 4) is 0 Å². The lowest BCUT2D eigenvalue weighted by molar-refractivity contribution is -0.384. The summed E-state index contributed by atoms with van der Waals surface area (Å²) in [6, 6.07) is 5.87. The van der Waals surface area contributed by atoms with Crippen LogP contribution in [0.4, 0.5) is 18.9 Å². The maximum Gasteiger partial charge on any atom is 0.416 e. The average Bonchev–Trinajstić information content (AvgIpc) is 2.80. The second-order valence-corrected chi connectivity index (χ2v) is 7.31. The quantitative estimate of drug-likeness (QED) is 0.256. The standard InChI is InChI=1S/C22H21F3N2O8/c1-2-35-17(28)11-16(12-5-9-15(10-6-12)27(33)34)18(21(31)32)26-20(30)19(29)13-3-7-14(8-4-13)22(23,24)25/h3-10,16,18-19,29H,2,11H2,1H3,(H,26,30)(H,31,32)/t16-,18+,19-/m0/s1. The number of aliphatic carboxylic acids is 1. The Kier molecular flexibility index (Phi) is 8.89. The van der Waals surface area contributed by atoms with Gasteiger partial charge in [-0.05, 0) is 30.2 Å². The molecule has 188 valence electrons. The molecule has 0 aliphatic heterocycles. The van der Waals surface area contributed by atoms with Gasteiger partial charge in [0.1, 0.15) is 6.04 Å². The number of carbonyl (C=O) groups excluding carboxylic acids is 2. The van der Waals surface area contributed by atoms with E-state index < -0.39 is 59.0 Å². The van der Waals surface area contributed by atoms with E-state index in [1.807, 2.05) is 0 Å². The Morgan fingerprint density at radius 2 is 1.60 bits per heavy atom. The van der Waals surface area contributed by atoms with E-state index in [9.17, 15) is 47.9 Å². The molecule has 2 aromatic rings. The molecule has 35 heavy (non-hydrogen) atoms.